The second-order valence-corrected chi connectivity index (χ2v) is 7.13. The van der Waals surface area contributed by atoms with E-state index in [1.54, 1.807) is 12.1 Å². The number of phenols is 1. The zero-order valence-corrected chi connectivity index (χ0v) is 16.7. The number of amides is 1. The van der Waals surface area contributed by atoms with E-state index in [0.29, 0.717) is 17.4 Å². The van der Waals surface area contributed by atoms with Crippen LogP contribution in [0.25, 0.3) is 0 Å². The minimum Gasteiger partial charge on any atom is -0.507 e. The molecular weight excluding hydrogens is 368 g/mol. The molecule has 29 heavy (non-hydrogen) atoms. The number of rotatable bonds is 8. The third kappa shape index (κ3) is 6.58. The molecule has 7 heteroatoms. The van der Waals surface area contributed by atoms with Gasteiger partial charge in [0.05, 0.1) is 19.9 Å². The monoisotopic (exact) mass is 396 g/mol. The fraction of sp³-hybridized carbons (Fsp3) is 0.364. The molecule has 0 unspecified atom stereocenters. The highest BCUT2D eigenvalue weighted by Gasteiger charge is 2.19. The molecule has 0 bridgehead atoms. The Balaban J connectivity index is 1.35. The lowest BCUT2D eigenvalue weighted by Crippen LogP contribution is -2.45. The van der Waals surface area contributed by atoms with Crippen LogP contribution in [-0.4, -0.2) is 54.9 Å². The van der Waals surface area contributed by atoms with Crippen LogP contribution in [0.4, 0.5) is 0 Å². The van der Waals surface area contributed by atoms with Crippen LogP contribution in [-0.2, 0) is 11.3 Å². The van der Waals surface area contributed by atoms with E-state index in [2.05, 4.69) is 45.0 Å². The van der Waals surface area contributed by atoms with Gasteiger partial charge >= 0.3 is 0 Å². The average Bonchev–Trinajstić information content (AvgIpc) is 2.75. The number of benzene rings is 2. The predicted octanol–water partition coefficient (Wildman–Crippen LogP) is 2.11. The van der Waals surface area contributed by atoms with Crippen molar-refractivity contribution in [2.24, 2.45) is 5.10 Å². The Hall–Kier alpha value is -2.90. The Labute approximate surface area is 171 Å². The van der Waals surface area contributed by atoms with Crippen LogP contribution < -0.4 is 15.5 Å². The molecule has 2 aromatic rings. The Morgan fingerprint density at radius 2 is 2.00 bits per heavy atom. The van der Waals surface area contributed by atoms with Crippen LogP contribution in [0, 0.1) is 0 Å². The van der Waals surface area contributed by atoms with Crippen LogP contribution in [0.15, 0.2) is 53.6 Å². The van der Waals surface area contributed by atoms with E-state index >= 15 is 0 Å². The highest BCUT2D eigenvalue weighted by molar-refractivity contribution is 5.85. The average molecular weight is 396 g/mol. The largest absolute Gasteiger partial charge is 0.507 e. The van der Waals surface area contributed by atoms with Crippen molar-refractivity contribution < 1.29 is 14.6 Å². The van der Waals surface area contributed by atoms with E-state index in [9.17, 15) is 9.90 Å². The summed E-state index contributed by atoms with van der Waals surface area (Å²) in [5.41, 5.74) is 4.32. The number of likely N-dealkylation sites (tertiary alicyclic amines) is 1. The smallest absolute Gasteiger partial charge is 0.254 e. The molecular formula is C22H28N4O3. The normalized spacial score (nSPS) is 15.5. The lowest BCUT2D eigenvalue weighted by molar-refractivity contribution is -0.120. The molecule has 0 aliphatic carbocycles. The van der Waals surface area contributed by atoms with Crippen molar-refractivity contribution in [3.05, 3.63) is 59.7 Å². The molecule has 0 spiro atoms. The van der Waals surface area contributed by atoms with Crippen LogP contribution >= 0.6 is 0 Å². The minimum absolute atomic E-state index is 0.0442. The summed E-state index contributed by atoms with van der Waals surface area (Å²) in [6, 6.07) is 15.7. The number of piperidine rings is 1. The van der Waals surface area contributed by atoms with Crippen LogP contribution in [0.5, 0.6) is 11.5 Å². The molecule has 1 saturated heterocycles. The Morgan fingerprint density at radius 3 is 2.69 bits per heavy atom. The van der Waals surface area contributed by atoms with E-state index in [0.717, 1.165) is 32.5 Å². The molecule has 154 valence electrons. The molecule has 0 saturated carbocycles. The SMILES string of the molecule is COc1ccc(C=NNC(=O)CNC2CCN(Cc3ccccc3)CC2)c(O)c1. The molecule has 2 aromatic carbocycles. The van der Waals surface area contributed by atoms with E-state index in [4.69, 9.17) is 4.74 Å². The van der Waals surface area contributed by atoms with Gasteiger partial charge in [-0.2, -0.15) is 5.10 Å². The van der Waals surface area contributed by atoms with Crippen molar-refractivity contribution in [3.63, 3.8) is 0 Å². The molecule has 0 atom stereocenters. The van der Waals surface area contributed by atoms with Gasteiger partial charge in [-0.1, -0.05) is 30.3 Å². The number of hydrogen-bond acceptors (Lipinski definition) is 6. The first-order valence-electron chi connectivity index (χ1n) is 9.82. The van der Waals surface area contributed by atoms with Crippen molar-refractivity contribution in [2.45, 2.75) is 25.4 Å². The first kappa shape index (κ1) is 20.8. The summed E-state index contributed by atoms with van der Waals surface area (Å²) in [7, 11) is 1.53. The van der Waals surface area contributed by atoms with Gasteiger partial charge in [0.25, 0.3) is 5.91 Å². The quantitative estimate of drug-likeness (QED) is 0.470. The first-order chi connectivity index (χ1) is 14.1. The molecule has 7 nitrogen and oxygen atoms in total. The van der Waals surface area contributed by atoms with Crippen molar-refractivity contribution in [1.82, 2.24) is 15.6 Å². The molecule has 0 aromatic heterocycles. The number of carbonyl (C=O) groups is 1. The van der Waals surface area contributed by atoms with Crippen LogP contribution in [0.2, 0.25) is 0 Å². The zero-order valence-electron chi connectivity index (χ0n) is 16.7. The van der Waals surface area contributed by atoms with Gasteiger partial charge in [0.1, 0.15) is 11.5 Å². The summed E-state index contributed by atoms with van der Waals surface area (Å²) in [6.45, 7) is 3.22. The van der Waals surface area contributed by atoms with Crippen molar-refractivity contribution in [1.29, 1.82) is 0 Å². The molecule has 1 aliphatic rings. The van der Waals surface area contributed by atoms with Crippen molar-refractivity contribution in [2.75, 3.05) is 26.7 Å². The van der Waals surface area contributed by atoms with E-state index in [1.807, 2.05) is 6.07 Å². The van der Waals surface area contributed by atoms with E-state index in [-0.39, 0.29) is 18.2 Å². The number of carbonyl (C=O) groups excluding carboxylic acids is 1. The number of hydrazone groups is 1. The summed E-state index contributed by atoms with van der Waals surface area (Å²) in [5.74, 6) is 0.395. The third-order valence-electron chi connectivity index (χ3n) is 5.02. The van der Waals surface area contributed by atoms with Crippen molar-refractivity contribution in [3.8, 4) is 11.5 Å². The number of hydrogen-bond donors (Lipinski definition) is 3. The highest BCUT2D eigenvalue weighted by Crippen LogP contribution is 2.21. The second-order valence-electron chi connectivity index (χ2n) is 7.13. The first-order valence-corrected chi connectivity index (χ1v) is 9.82. The summed E-state index contributed by atoms with van der Waals surface area (Å²) < 4.78 is 5.03. The number of aromatic hydroxyl groups is 1. The molecule has 3 N–H and O–H groups in total. The maximum atomic E-state index is 12.0. The number of methoxy groups -OCH3 is 1. The van der Waals surface area contributed by atoms with Crippen LogP contribution in [0.3, 0.4) is 0 Å². The molecule has 1 fully saturated rings. The third-order valence-corrected chi connectivity index (χ3v) is 5.02. The minimum atomic E-state index is -0.207. The maximum Gasteiger partial charge on any atom is 0.254 e. The Kier molecular flexibility index (Phi) is 7.61. The van der Waals surface area contributed by atoms with Gasteiger partial charge in [0.2, 0.25) is 0 Å². The predicted molar refractivity (Wildman–Crippen MR) is 113 cm³/mol. The second kappa shape index (κ2) is 10.6. The standard InChI is InChI=1S/C22H28N4O3/c1-29-20-8-7-18(21(27)13-20)14-24-25-22(28)15-23-19-9-11-26(12-10-19)16-17-5-3-2-4-6-17/h2-8,13-14,19,23,27H,9-12,15-16H2,1H3,(H,25,28). The summed E-state index contributed by atoms with van der Waals surface area (Å²) in [4.78, 5) is 14.4. The summed E-state index contributed by atoms with van der Waals surface area (Å²) in [5, 5.41) is 17.1. The zero-order chi connectivity index (χ0) is 20.5. The molecule has 0 radical (unpaired) electrons. The van der Waals surface area contributed by atoms with Gasteiger partial charge in [0, 0.05) is 24.2 Å². The highest BCUT2D eigenvalue weighted by atomic mass is 16.5. The Bertz CT molecular complexity index is 818. The van der Waals surface area contributed by atoms with Gasteiger partial charge in [-0.15, -0.1) is 0 Å². The number of nitrogens with one attached hydrogen (secondary N) is 2. The van der Waals surface area contributed by atoms with Crippen LogP contribution in [0.1, 0.15) is 24.0 Å². The molecule has 1 aliphatic heterocycles. The molecule has 1 heterocycles. The number of nitrogens with zero attached hydrogens (tertiary/aromatic N) is 2. The van der Waals surface area contributed by atoms with Gasteiger partial charge < -0.3 is 15.2 Å². The molecule has 3 rings (SSSR count). The lowest BCUT2D eigenvalue weighted by atomic mass is 10.0. The van der Waals surface area contributed by atoms with Gasteiger partial charge in [-0.05, 0) is 43.6 Å². The number of phenolic OH excluding ortho intramolecular Hbond substituents is 1. The van der Waals surface area contributed by atoms with Gasteiger partial charge in [0.15, 0.2) is 0 Å². The van der Waals surface area contributed by atoms with Crippen molar-refractivity contribution >= 4 is 12.1 Å². The van der Waals surface area contributed by atoms with Gasteiger partial charge in [-0.3, -0.25) is 9.69 Å². The summed E-state index contributed by atoms with van der Waals surface area (Å²) >= 11 is 0. The topological polar surface area (TPSA) is 86.2 Å². The fourth-order valence-electron chi connectivity index (χ4n) is 3.35. The Morgan fingerprint density at radius 1 is 1.24 bits per heavy atom. The maximum absolute atomic E-state index is 12.0. The summed E-state index contributed by atoms with van der Waals surface area (Å²) in [6.07, 6.45) is 3.45. The fourth-order valence-corrected chi connectivity index (χ4v) is 3.35. The van der Waals surface area contributed by atoms with E-state index < -0.39 is 0 Å². The molecule has 1 amide bonds. The number of ether oxygens (including phenoxy) is 1. The van der Waals surface area contributed by atoms with Gasteiger partial charge in [-0.25, -0.2) is 5.43 Å². The van der Waals surface area contributed by atoms with E-state index in [1.165, 1.54) is 25.0 Å². The lowest BCUT2D eigenvalue weighted by Gasteiger charge is -2.32.